The van der Waals surface area contributed by atoms with Crippen LogP contribution < -0.4 is 0 Å². The molecule has 0 aliphatic heterocycles. The SMILES string of the molecule is Cc1cc(C(=O)CC#N)cs1. The van der Waals surface area contributed by atoms with Crippen LogP contribution >= 0.6 is 11.3 Å². The van der Waals surface area contributed by atoms with Crippen LogP contribution in [0.2, 0.25) is 0 Å². The molecule has 1 heterocycles. The molecule has 0 aromatic carbocycles. The maximum Gasteiger partial charge on any atom is 0.177 e. The maximum absolute atomic E-state index is 11.0. The predicted octanol–water partition coefficient (Wildman–Crippen LogP) is 2.15. The van der Waals surface area contributed by atoms with Crippen LogP contribution in [0.3, 0.4) is 0 Å². The van der Waals surface area contributed by atoms with Gasteiger partial charge in [-0.1, -0.05) is 0 Å². The quantitative estimate of drug-likeness (QED) is 0.630. The first kappa shape index (κ1) is 7.96. The summed E-state index contributed by atoms with van der Waals surface area (Å²) in [4.78, 5) is 12.1. The van der Waals surface area contributed by atoms with Crippen LogP contribution in [-0.2, 0) is 0 Å². The summed E-state index contributed by atoms with van der Waals surface area (Å²) in [6, 6.07) is 3.64. The van der Waals surface area contributed by atoms with Crippen molar-refractivity contribution >= 4 is 17.1 Å². The number of aryl methyl sites for hydroxylation is 1. The van der Waals surface area contributed by atoms with E-state index in [1.807, 2.05) is 19.1 Å². The van der Waals surface area contributed by atoms with E-state index in [4.69, 9.17) is 5.26 Å². The summed E-state index contributed by atoms with van der Waals surface area (Å²) in [5, 5.41) is 10.0. The fourth-order valence-corrected chi connectivity index (χ4v) is 1.47. The third kappa shape index (κ3) is 1.89. The molecule has 56 valence electrons. The Bertz CT molecular complexity index is 308. The molecule has 0 N–H and O–H groups in total. The second-order valence-electron chi connectivity index (χ2n) is 2.20. The molecule has 0 saturated heterocycles. The normalized spacial score (nSPS) is 9.09. The second-order valence-corrected chi connectivity index (χ2v) is 3.32. The number of thiophene rings is 1. The molecule has 2 nitrogen and oxygen atoms in total. The van der Waals surface area contributed by atoms with E-state index in [9.17, 15) is 4.79 Å². The van der Waals surface area contributed by atoms with Crippen LogP contribution in [0.5, 0.6) is 0 Å². The summed E-state index contributed by atoms with van der Waals surface area (Å²) in [6.07, 6.45) is -0.0177. The molecular weight excluding hydrogens is 158 g/mol. The van der Waals surface area contributed by atoms with Crippen LogP contribution in [0.1, 0.15) is 21.7 Å². The summed E-state index contributed by atoms with van der Waals surface area (Å²) in [5.74, 6) is -0.0862. The maximum atomic E-state index is 11.0. The van der Waals surface area contributed by atoms with E-state index in [0.717, 1.165) is 4.88 Å². The Hall–Kier alpha value is -1.14. The van der Waals surface area contributed by atoms with Gasteiger partial charge in [-0.3, -0.25) is 4.79 Å². The zero-order chi connectivity index (χ0) is 8.27. The Labute approximate surface area is 69.1 Å². The van der Waals surface area contributed by atoms with Crippen LogP contribution in [0.4, 0.5) is 0 Å². The summed E-state index contributed by atoms with van der Waals surface area (Å²) >= 11 is 1.53. The van der Waals surface area contributed by atoms with E-state index in [1.54, 1.807) is 5.38 Å². The fraction of sp³-hybridized carbons (Fsp3) is 0.250. The molecule has 0 atom stereocenters. The summed E-state index contributed by atoms with van der Waals surface area (Å²) < 4.78 is 0. The number of carbonyl (C=O) groups excluding carboxylic acids is 1. The monoisotopic (exact) mass is 165 g/mol. The number of carbonyl (C=O) groups is 1. The first-order valence-electron chi connectivity index (χ1n) is 3.19. The highest BCUT2D eigenvalue weighted by Crippen LogP contribution is 2.14. The van der Waals surface area contributed by atoms with Gasteiger partial charge in [0, 0.05) is 15.8 Å². The molecule has 0 amide bonds. The van der Waals surface area contributed by atoms with Gasteiger partial charge in [-0.25, -0.2) is 0 Å². The average molecular weight is 165 g/mol. The van der Waals surface area contributed by atoms with E-state index >= 15 is 0 Å². The summed E-state index contributed by atoms with van der Waals surface area (Å²) in [7, 11) is 0. The third-order valence-corrected chi connectivity index (χ3v) is 2.15. The molecule has 0 aliphatic rings. The zero-order valence-corrected chi connectivity index (χ0v) is 6.94. The van der Waals surface area contributed by atoms with Gasteiger partial charge in [-0.05, 0) is 13.0 Å². The van der Waals surface area contributed by atoms with Crippen molar-refractivity contribution < 1.29 is 4.79 Å². The molecule has 0 bridgehead atoms. The Morgan fingerprint density at radius 2 is 2.55 bits per heavy atom. The molecule has 1 rings (SSSR count). The molecule has 11 heavy (non-hydrogen) atoms. The van der Waals surface area contributed by atoms with Crippen LogP contribution in [0.15, 0.2) is 11.4 Å². The summed E-state index contributed by atoms with van der Waals surface area (Å²) in [6.45, 7) is 1.94. The van der Waals surface area contributed by atoms with E-state index in [-0.39, 0.29) is 12.2 Å². The summed E-state index contributed by atoms with van der Waals surface area (Å²) in [5.41, 5.74) is 0.661. The smallest absolute Gasteiger partial charge is 0.177 e. The number of hydrogen-bond donors (Lipinski definition) is 0. The van der Waals surface area contributed by atoms with Crippen molar-refractivity contribution in [3.8, 4) is 6.07 Å². The molecule has 0 radical (unpaired) electrons. The standard InChI is InChI=1S/C8H7NOS/c1-6-4-7(5-11-6)8(10)2-3-9/h4-5H,2H2,1H3. The fourth-order valence-electron chi connectivity index (χ4n) is 0.764. The van der Waals surface area contributed by atoms with Gasteiger partial charge in [0.2, 0.25) is 0 Å². The first-order valence-corrected chi connectivity index (χ1v) is 4.07. The minimum Gasteiger partial charge on any atom is -0.293 e. The lowest BCUT2D eigenvalue weighted by molar-refractivity contribution is 0.0998. The highest BCUT2D eigenvalue weighted by molar-refractivity contribution is 7.10. The Kier molecular flexibility index (Phi) is 2.40. The third-order valence-electron chi connectivity index (χ3n) is 1.29. The number of nitriles is 1. The molecule has 0 unspecified atom stereocenters. The first-order chi connectivity index (χ1) is 5.24. The van der Waals surface area contributed by atoms with Crippen LogP contribution in [0, 0.1) is 18.3 Å². The van der Waals surface area contributed by atoms with Gasteiger partial charge in [0.25, 0.3) is 0 Å². The predicted molar refractivity (Wildman–Crippen MR) is 43.6 cm³/mol. The molecule has 0 saturated carbocycles. The van der Waals surface area contributed by atoms with E-state index < -0.39 is 0 Å². The Morgan fingerprint density at radius 1 is 1.82 bits per heavy atom. The lowest BCUT2D eigenvalue weighted by atomic mass is 10.2. The molecule has 0 fully saturated rings. The number of ketones is 1. The highest BCUT2D eigenvalue weighted by Gasteiger charge is 2.05. The van der Waals surface area contributed by atoms with Crippen molar-refractivity contribution in [3.63, 3.8) is 0 Å². The van der Waals surface area contributed by atoms with Gasteiger partial charge in [0.1, 0.15) is 0 Å². The molecule has 0 spiro atoms. The van der Waals surface area contributed by atoms with Crippen molar-refractivity contribution in [2.75, 3.05) is 0 Å². The number of rotatable bonds is 2. The molecular formula is C8H7NOS. The van der Waals surface area contributed by atoms with Crippen LogP contribution in [0.25, 0.3) is 0 Å². The van der Waals surface area contributed by atoms with Gasteiger partial charge in [-0.2, -0.15) is 5.26 Å². The number of Topliss-reactive ketones (excluding diaryl/α,β-unsaturated/α-hetero) is 1. The van der Waals surface area contributed by atoms with Gasteiger partial charge in [0.05, 0.1) is 12.5 Å². The van der Waals surface area contributed by atoms with Crippen molar-refractivity contribution in [2.45, 2.75) is 13.3 Å². The highest BCUT2D eigenvalue weighted by atomic mass is 32.1. The Morgan fingerprint density at radius 3 is 3.00 bits per heavy atom. The van der Waals surface area contributed by atoms with E-state index in [0.29, 0.717) is 5.56 Å². The van der Waals surface area contributed by atoms with E-state index in [1.165, 1.54) is 11.3 Å². The second kappa shape index (κ2) is 3.31. The minimum atomic E-state index is -0.0862. The zero-order valence-electron chi connectivity index (χ0n) is 6.13. The van der Waals surface area contributed by atoms with Gasteiger partial charge in [-0.15, -0.1) is 11.3 Å². The van der Waals surface area contributed by atoms with Crippen molar-refractivity contribution in [3.05, 3.63) is 21.9 Å². The molecule has 1 aromatic rings. The van der Waals surface area contributed by atoms with Gasteiger partial charge in [0.15, 0.2) is 5.78 Å². The minimum absolute atomic E-state index is 0.0177. The molecule has 0 aliphatic carbocycles. The number of nitrogens with zero attached hydrogens (tertiary/aromatic N) is 1. The van der Waals surface area contributed by atoms with E-state index in [2.05, 4.69) is 0 Å². The molecule has 1 aromatic heterocycles. The van der Waals surface area contributed by atoms with Gasteiger partial charge < -0.3 is 0 Å². The van der Waals surface area contributed by atoms with Crippen LogP contribution in [-0.4, -0.2) is 5.78 Å². The lowest BCUT2D eigenvalue weighted by Gasteiger charge is -1.85. The largest absolute Gasteiger partial charge is 0.293 e. The topological polar surface area (TPSA) is 40.9 Å². The van der Waals surface area contributed by atoms with Crippen molar-refractivity contribution in [1.82, 2.24) is 0 Å². The van der Waals surface area contributed by atoms with Gasteiger partial charge >= 0.3 is 0 Å². The Balaban J connectivity index is 2.78. The van der Waals surface area contributed by atoms with Crippen molar-refractivity contribution in [2.24, 2.45) is 0 Å². The number of hydrogen-bond acceptors (Lipinski definition) is 3. The van der Waals surface area contributed by atoms with Crippen molar-refractivity contribution in [1.29, 1.82) is 5.26 Å². The average Bonchev–Trinajstić information content (AvgIpc) is 2.36. The lowest BCUT2D eigenvalue weighted by Crippen LogP contribution is -1.93. The molecule has 3 heteroatoms.